The number of nitrogens with zero attached hydrogens (tertiary/aromatic N) is 4. The fourth-order valence-electron chi connectivity index (χ4n) is 3.25. The quantitative estimate of drug-likeness (QED) is 0.562. The summed E-state index contributed by atoms with van der Waals surface area (Å²) in [6, 6.07) is 8.28. The largest absolute Gasteiger partial charge is 0.497 e. The summed E-state index contributed by atoms with van der Waals surface area (Å²) in [6.07, 6.45) is 4.97. The number of benzene rings is 1. The summed E-state index contributed by atoms with van der Waals surface area (Å²) in [5, 5.41) is 6.09. The molecule has 0 N–H and O–H groups in total. The summed E-state index contributed by atoms with van der Waals surface area (Å²) >= 11 is 0. The number of rotatable bonds is 5. The van der Waals surface area contributed by atoms with Gasteiger partial charge in [-0.1, -0.05) is 5.16 Å². The Kier molecular flexibility index (Phi) is 3.65. The predicted molar refractivity (Wildman–Crippen MR) is 91.1 cm³/mol. The highest BCUT2D eigenvalue weighted by Crippen LogP contribution is 2.32. The van der Waals surface area contributed by atoms with E-state index in [0.717, 1.165) is 36.3 Å². The van der Waals surface area contributed by atoms with Crippen LogP contribution in [0.3, 0.4) is 0 Å². The van der Waals surface area contributed by atoms with Crippen LogP contribution in [0.15, 0.2) is 41.3 Å². The molecule has 0 aliphatic rings. The highest BCUT2D eigenvalue weighted by molar-refractivity contribution is 6.09. The number of fused-ring (bicyclic) bond motifs is 3. The normalized spacial score (nSPS) is 11.4. The first-order valence-corrected chi connectivity index (χ1v) is 7.95. The molecular formula is C18H18N4O2. The van der Waals surface area contributed by atoms with Crippen molar-refractivity contribution in [2.24, 2.45) is 0 Å². The summed E-state index contributed by atoms with van der Waals surface area (Å²) in [6.45, 7) is 2.90. The summed E-state index contributed by atoms with van der Waals surface area (Å²) < 4.78 is 12.8. The molecule has 0 amide bonds. The van der Waals surface area contributed by atoms with Crippen molar-refractivity contribution in [3.05, 3.63) is 48.4 Å². The number of aryl methyl sites for hydroxylation is 3. The topological polar surface area (TPSA) is 66.0 Å². The number of hydrogen-bond donors (Lipinski definition) is 0. The molecule has 0 spiro atoms. The maximum Gasteiger partial charge on any atom is 0.226 e. The Morgan fingerprint density at radius 3 is 2.88 bits per heavy atom. The van der Waals surface area contributed by atoms with Crippen LogP contribution in [0, 0.1) is 6.92 Å². The number of methoxy groups -OCH3 is 1. The van der Waals surface area contributed by atoms with Crippen molar-refractivity contribution in [1.29, 1.82) is 0 Å². The molecule has 3 heterocycles. The van der Waals surface area contributed by atoms with Gasteiger partial charge < -0.3 is 13.8 Å². The third-order valence-corrected chi connectivity index (χ3v) is 4.34. The summed E-state index contributed by atoms with van der Waals surface area (Å²) in [5.41, 5.74) is 3.36. The van der Waals surface area contributed by atoms with Crippen molar-refractivity contribution < 1.29 is 9.26 Å². The lowest BCUT2D eigenvalue weighted by Gasteiger charge is -2.08. The van der Waals surface area contributed by atoms with Gasteiger partial charge in [0, 0.05) is 36.0 Å². The molecule has 0 fully saturated rings. The first-order chi connectivity index (χ1) is 11.8. The van der Waals surface area contributed by atoms with Gasteiger partial charge in [-0.2, -0.15) is 4.98 Å². The van der Waals surface area contributed by atoms with Crippen LogP contribution in [-0.4, -0.2) is 26.8 Å². The summed E-state index contributed by atoms with van der Waals surface area (Å²) in [4.78, 5) is 8.56. The van der Waals surface area contributed by atoms with Gasteiger partial charge in [0.25, 0.3) is 0 Å². The average molecular weight is 322 g/mol. The van der Waals surface area contributed by atoms with E-state index in [1.165, 1.54) is 22.6 Å². The Morgan fingerprint density at radius 1 is 1.17 bits per heavy atom. The molecule has 0 atom stereocenters. The Bertz CT molecular complexity index is 989. The van der Waals surface area contributed by atoms with E-state index in [1.807, 2.05) is 19.2 Å². The Balaban J connectivity index is 1.80. The highest BCUT2D eigenvalue weighted by Gasteiger charge is 2.14. The van der Waals surface area contributed by atoms with Crippen molar-refractivity contribution in [3.8, 4) is 5.75 Å². The second-order valence-corrected chi connectivity index (χ2v) is 5.77. The van der Waals surface area contributed by atoms with Crippen LogP contribution in [0.25, 0.3) is 21.8 Å². The lowest BCUT2D eigenvalue weighted by molar-refractivity contribution is 0.372. The molecule has 3 aromatic heterocycles. The molecule has 0 saturated carbocycles. The summed E-state index contributed by atoms with van der Waals surface area (Å²) in [5.74, 6) is 1.53. The first-order valence-electron chi connectivity index (χ1n) is 7.95. The van der Waals surface area contributed by atoms with E-state index in [9.17, 15) is 0 Å². The Morgan fingerprint density at radius 2 is 2.08 bits per heavy atom. The predicted octanol–water partition coefficient (Wildman–Crippen LogP) is 3.52. The molecule has 0 saturated heterocycles. The van der Waals surface area contributed by atoms with Crippen LogP contribution in [0.4, 0.5) is 0 Å². The fraction of sp³-hybridized carbons (Fsp3) is 0.278. The molecule has 1 aromatic carbocycles. The Hall–Kier alpha value is -2.89. The minimum Gasteiger partial charge on any atom is -0.497 e. The fourth-order valence-corrected chi connectivity index (χ4v) is 3.25. The van der Waals surface area contributed by atoms with Crippen molar-refractivity contribution in [2.45, 2.75) is 26.3 Å². The number of pyridine rings is 1. The van der Waals surface area contributed by atoms with Crippen LogP contribution >= 0.6 is 0 Å². The van der Waals surface area contributed by atoms with Gasteiger partial charge in [-0.25, -0.2) is 0 Å². The van der Waals surface area contributed by atoms with Crippen molar-refractivity contribution in [2.75, 3.05) is 7.11 Å². The molecule has 0 aliphatic heterocycles. The maximum absolute atomic E-state index is 5.40. The SMILES string of the molecule is COc1ccc2c3ccnc(C)c3n(CCCc3ncno3)c2c1. The van der Waals surface area contributed by atoms with Crippen LogP contribution in [-0.2, 0) is 13.0 Å². The molecule has 4 aromatic rings. The zero-order valence-corrected chi connectivity index (χ0v) is 13.7. The van der Waals surface area contributed by atoms with Gasteiger partial charge in [0.1, 0.15) is 5.75 Å². The number of aromatic nitrogens is 4. The van der Waals surface area contributed by atoms with Gasteiger partial charge in [-0.15, -0.1) is 0 Å². The molecule has 24 heavy (non-hydrogen) atoms. The van der Waals surface area contributed by atoms with Gasteiger partial charge in [0.15, 0.2) is 6.33 Å². The molecule has 0 unspecified atom stereocenters. The smallest absolute Gasteiger partial charge is 0.226 e. The molecule has 6 heteroatoms. The lowest BCUT2D eigenvalue weighted by atomic mass is 10.1. The molecule has 122 valence electrons. The molecule has 0 bridgehead atoms. The zero-order valence-electron chi connectivity index (χ0n) is 13.7. The monoisotopic (exact) mass is 322 g/mol. The molecule has 0 radical (unpaired) electrons. The minimum atomic E-state index is 0.670. The molecule has 4 rings (SSSR count). The van der Waals surface area contributed by atoms with Gasteiger partial charge in [-0.3, -0.25) is 4.98 Å². The van der Waals surface area contributed by atoms with Gasteiger partial charge in [0.05, 0.1) is 23.8 Å². The second-order valence-electron chi connectivity index (χ2n) is 5.77. The van der Waals surface area contributed by atoms with Crippen LogP contribution < -0.4 is 4.74 Å². The third-order valence-electron chi connectivity index (χ3n) is 4.34. The van der Waals surface area contributed by atoms with E-state index < -0.39 is 0 Å². The van der Waals surface area contributed by atoms with Crippen LogP contribution in [0.1, 0.15) is 18.0 Å². The van der Waals surface area contributed by atoms with E-state index in [-0.39, 0.29) is 0 Å². The summed E-state index contributed by atoms with van der Waals surface area (Å²) in [7, 11) is 1.69. The van der Waals surface area contributed by atoms with Gasteiger partial charge in [0.2, 0.25) is 5.89 Å². The van der Waals surface area contributed by atoms with Crippen molar-refractivity contribution in [1.82, 2.24) is 19.7 Å². The Labute approximate surface area is 139 Å². The third kappa shape index (κ3) is 2.40. The molecular weight excluding hydrogens is 304 g/mol. The van der Waals surface area contributed by atoms with E-state index in [0.29, 0.717) is 5.89 Å². The number of ether oxygens (including phenoxy) is 1. The molecule has 6 nitrogen and oxygen atoms in total. The average Bonchev–Trinajstić information content (AvgIpc) is 3.22. The standard InChI is InChI=1S/C18H18N4O2/c1-12-18-15(7-8-19-12)14-6-5-13(23-2)10-16(14)22(18)9-3-4-17-20-11-21-24-17/h5-8,10-11H,3-4,9H2,1-2H3. The van der Waals surface area contributed by atoms with Crippen LogP contribution in [0.2, 0.25) is 0 Å². The molecule has 0 aliphatic carbocycles. The van der Waals surface area contributed by atoms with Gasteiger partial charge in [-0.05, 0) is 31.5 Å². The lowest BCUT2D eigenvalue weighted by Crippen LogP contribution is -2.01. The maximum atomic E-state index is 5.40. The number of hydrogen-bond acceptors (Lipinski definition) is 5. The second kappa shape index (κ2) is 5.96. The van der Waals surface area contributed by atoms with Crippen molar-refractivity contribution >= 4 is 21.8 Å². The van der Waals surface area contributed by atoms with E-state index in [4.69, 9.17) is 9.26 Å². The zero-order chi connectivity index (χ0) is 16.5. The highest BCUT2D eigenvalue weighted by atomic mass is 16.5. The van der Waals surface area contributed by atoms with Gasteiger partial charge >= 0.3 is 0 Å². The van der Waals surface area contributed by atoms with Crippen molar-refractivity contribution in [3.63, 3.8) is 0 Å². The first kappa shape index (κ1) is 14.7. The minimum absolute atomic E-state index is 0.670. The van der Waals surface area contributed by atoms with Crippen LogP contribution in [0.5, 0.6) is 5.75 Å². The van der Waals surface area contributed by atoms with E-state index >= 15 is 0 Å². The van der Waals surface area contributed by atoms with E-state index in [1.54, 1.807) is 7.11 Å². The van der Waals surface area contributed by atoms with E-state index in [2.05, 4.69) is 37.9 Å².